The van der Waals surface area contributed by atoms with Crippen molar-refractivity contribution in [1.82, 2.24) is 20.3 Å². The Morgan fingerprint density at radius 3 is 2.45 bits per heavy atom. The Hall–Kier alpha value is -1.39. The van der Waals surface area contributed by atoms with Crippen LogP contribution < -0.4 is 5.32 Å². The van der Waals surface area contributed by atoms with Crippen LogP contribution in [0.5, 0.6) is 0 Å². The van der Waals surface area contributed by atoms with Gasteiger partial charge in [0.1, 0.15) is 0 Å². The third-order valence-electron chi connectivity index (χ3n) is 6.42. The normalized spacial score (nSPS) is 37.2. The van der Waals surface area contributed by atoms with Crippen molar-refractivity contribution in [2.45, 2.75) is 64.5 Å². The lowest BCUT2D eigenvalue weighted by atomic mass is 9.48. The van der Waals surface area contributed by atoms with Gasteiger partial charge in [-0.3, -0.25) is 9.48 Å². The highest BCUT2D eigenvalue weighted by Gasteiger charge is 2.53. The summed E-state index contributed by atoms with van der Waals surface area (Å²) in [4.78, 5) is 12.3. The maximum atomic E-state index is 12.3. The molecule has 120 valence electrons. The van der Waals surface area contributed by atoms with Gasteiger partial charge in [-0.05, 0) is 68.6 Å². The standard InChI is InChI=1S/C17H26N4O/c1-12(19-16(22)2-4-21-5-3-18-20-21)17-9-13-6-14(10-17)8-15(7-13)11-17/h3,5,12-15H,2,4,6-11H2,1H3,(H,19,22)/t12-,13?,14?,15?,17?/m0/s1. The van der Waals surface area contributed by atoms with E-state index in [1.165, 1.54) is 38.5 Å². The lowest BCUT2D eigenvalue weighted by molar-refractivity contribution is -0.126. The number of aromatic nitrogens is 3. The molecule has 5 nitrogen and oxygen atoms in total. The van der Waals surface area contributed by atoms with Crippen LogP contribution in [0.25, 0.3) is 0 Å². The molecule has 0 unspecified atom stereocenters. The van der Waals surface area contributed by atoms with Crippen LogP contribution >= 0.6 is 0 Å². The quantitative estimate of drug-likeness (QED) is 0.908. The number of hydrogen-bond donors (Lipinski definition) is 1. The topological polar surface area (TPSA) is 59.8 Å². The third kappa shape index (κ3) is 2.55. The van der Waals surface area contributed by atoms with Crippen molar-refractivity contribution in [3.8, 4) is 0 Å². The molecule has 0 aromatic carbocycles. The van der Waals surface area contributed by atoms with Gasteiger partial charge in [0.2, 0.25) is 5.91 Å². The summed E-state index contributed by atoms with van der Waals surface area (Å²) in [6.07, 6.45) is 12.3. The molecule has 5 heteroatoms. The predicted octanol–water partition coefficient (Wildman–Crippen LogP) is 2.39. The number of nitrogens with zero attached hydrogens (tertiary/aromatic N) is 3. The van der Waals surface area contributed by atoms with Crippen LogP contribution in [0.2, 0.25) is 0 Å². The summed E-state index contributed by atoms with van der Waals surface area (Å²) in [6, 6.07) is 0.309. The van der Waals surface area contributed by atoms with E-state index in [0.717, 1.165) is 17.8 Å². The maximum absolute atomic E-state index is 12.3. The second-order valence-corrected chi connectivity index (χ2v) is 7.99. The zero-order chi connectivity index (χ0) is 15.2. The molecule has 1 aromatic heterocycles. The van der Waals surface area contributed by atoms with E-state index in [0.29, 0.717) is 24.4 Å². The Balaban J connectivity index is 1.35. The summed E-state index contributed by atoms with van der Waals surface area (Å²) in [5, 5.41) is 11.0. The zero-order valence-corrected chi connectivity index (χ0v) is 13.4. The van der Waals surface area contributed by atoms with Crippen molar-refractivity contribution >= 4 is 5.91 Å². The van der Waals surface area contributed by atoms with Crippen LogP contribution in [0.4, 0.5) is 0 Å². The largest absolute Gasteiger partial charge is 0.353 e. The number of nitrogens with one attached hydrogen (secondary N) is 1. The summed E-state index contributed by atoms with van der Waals surface area (Å²) in [5.41, 5.74) is 0.387. The molecule has 22 heavy (non-hydrogen) atoms. The van der Waals surface area contributed by atoms with Gasteiger partial charge in [0.25, 0.3) is 0 Å². The molecule has 4 saturated carbocycles. The Bertz CT molecular complexity index is 504. The number of carbonyl (C=O) groups excluding carboxylic acids is 1. The molecule has 4 aliphatic carbocycles. The first-order valence-corrected chi connectivity index (χ1v) is 8.76. The minimum absolute atomic E-state index is 0.152. The van der Waals surface area contributed by atoms with Crippen molar-refractivity contribution in [3.63, 3.8) is 0 Å². The fourth-order valence-electron chi connectivity index (χ4n) is 5.74. The average Bonchev–Trinajstić information content (AvgIpc) is 2.97. The molecule has 0 aliphatic heterocycles. The van der Waals surface area contributed by atoms with Gasteiger partial charge in [-0.1, -0.05) is 5.21 Å². The monoisotopic (exact) mass is 302 g/mol. The highest BCUT2D eigenvalue weighted by molar-refractivity contribution is 5.76. The van der Waals surface area contributed by atoms with Gasteiger partial charge < -0.3 is 5.32 Å². The van der Waals surface area contributed by atoms with Gasteiger partial charge in [-0.2, -0.15) is 0 Å². The first-order valence-electron chi connectivity index (χ1n) is 8.76. The average molecular weight is 302 g/mol. The van der Waals surface area contributed by atoms with Crippen LogP contribution in [0, 0.1) is 23.2 Å². The Kier molecular flexibility index (Phi) is 3.46. The third-order valence-corrected chi connectivity index (χ3v) is 6.42. The van der Waals surface area contributed by atoms with Crippen molar-refractivity contribution in [2.75, 3.05) is 0 Å². The number of rotatable bonds is 5. The molecule has 4 aliphatic rings. The predicted molar refractivity (Wildman–Crippen MR) is 82.8 cm³/mol. The van der Waals surface area contributed by atoms with Crippen molar-refractivity contribution in [3.05, 3.63) is 12.4 Å². The second-order valence-electron chi connectivity index (χ2n) is 7.99. The number of amides is 1. The lowest BCUT2D eigenvalue weighted by Gasteiger charge is -2.59. The van der Waals surface area contributed by atoms with Crippen LogP contribution in [0.15, 0.2) is 12.4 Å². The van der Waals surface area contributed by atoms with Gasteiger partial charge >= 0.3 is 0 Å². The molecule has 4 bridgehead atoms. The minimum atomic E-state index is 0.152. The molecule has 1 amide bonds. The molecule has 1 N–H and O–H groups in total. The van der Waals surface area contributed by atoms with Crippen LogP contribution in [-0.4, -0.2) is 26.9 Å². The van der Waals surface area contributed by atoms with Crippen LogP contribution in [0.3, 0.4) is 0 Å². The van der Waals surface area contributed by atoms with Crippen molar-refractivity contribution < 1.29 is 4.79 Å². The zero-order valence-electron chi connectivity index (χ0n) is 13.4. The summed E-state index contributed by atoms with van der Waals surface area (Å²) in [5.74, 6) is 2.95. The van der Waals surface area contributed by atoms with E-state index in [4.69, 9.17) is 0 Å². The van der Waals surface area contributed by atoms with Crippen LogP contribution in [0.1, 0.15) is 51.9 Å². The van der Waals surface area contributed by atoms with Gasteiger partial charge in [0.15, 0.2) is 0 Å². The smallest absolute Gasteiger partial charge is 0.222 e. The van der Waals surface area contributed by atoms with E-state index < -0.39 is 0 Å². The summed E-state index contributed by atoms with van der Waals surface area (Å²) in [7, 11) is 0. The van der Waals surface area contributed by atoms with Gasteiger partial charge in [0.05, 0.1) is 12.7 Å². The maximum Gasteiger partial charge on any atom is 0.222 e. The van der Waals surface area contributed by atoms with Crippen molar-refractivity contribution in [1.29, 1.82) is 0 Å². The Morgan fingerprint density at radius 1 is 1.27 bits per heavy atom. The number of hydrogen-bond acceptors (Lipinski definition) is 3. The first-order chi connectivity index (χ1) is 10.6. The summed E-state index contributed by atoms with van der Waals surface area (Å²) in [6.45, 7) is 2.85. The fourth-order valence-corrected chi connectivity index (χ4v) is 5.74. The fraction of sp³-hybridized carbons (Fsp3) is 0.824. The summed E-state index contributed by atoms with van der Waals surface area (Å²) >= 11 is 0. The molecule has 5 rings (SSSR count). The molecule has 0 spiro atoms. The molecule has 1 heterocycles. The molecule has 4 fully saturated rings. The molecular formula is C17H26N4O. The SMILES string of the molecule is C[C@H](NC(=O)CCn1ccnn1)C12CC3CC(CC(C3)C1)C2. The second kappa shape index (κ2) is 5.36. The van der Waals surface area contributed by atoms with E-state index in [-0.39, 0.29) is 5.91 Å². The van der Waals surface area contributed by atoms with Gasteiger partial charge in [0, 0.05) is 18.7 Å². The minimum Gasteiger partial charge on any atom is -0.353 e. The molecule has 1 aromatic rings. The molecular weight excluding hydrogens is 276 g/mol. The molecule has 1 atom stereocenters. The van der Waals surface area contributed by atoms with E-state index in [9.17, 15) is 4.79 Å². The number of aryl methyl sites for hydroxylation is 1. The molecule has 0 radical (unpaired) electrons. The highest BCUT2D eigenvalue weighted by atomic mass is 16.1. The van der Waals surface area contributed by atoms with Gasteiger partial charge in [-0.25, -0.2) is 0 Å². The molecule has 0 saturated heterocycles. The Morgan fingerprint density at radius 2 is 1.91 bits per heavy atom. The van der Waals surface area contributed by atoms with Gasteiger partial charge in [-0.15, -0.1) is 5.10 Å². The van der Waals surface area contributed by atoms with Crippen LogP contribution in [-0.2, 0) is 11.3 Å². The van der Waals surface area contributed by atoms with E-state index in [2.05, 4.69) is 22.6 Å². The van der Waals surface area contributed by atoms with E-state index in [1.54, 1.807) is 17.1 Å². The lowest BCUT2D eigenvalue weighted by Crippen LogP contribution is -2.55. The van der Waals surface area contributed by atoms with E-state index in [1.807, 2.05) is 0 Å². The first kappa shape index (κ1) is 14.2. The summed E-state index contributed by atoms with van der Waals surface area (Å²) < 4.78 is 1.72. The Labute approximate surface area is 131 Å². The number of carbonyl (C=O) groups is 1. The van der Waals surface area contributed by atoms with Crippen molar-refractivity contribution in [2.24, 2.45) is 23.2 Å². The highest BCUT2D eigenvalue weighted by Crippen LogP contribution is 2.61. The van der Waals surface area contributed by atoms with E-state index >= 15 is 0 Å².